The minimum absolute atomic E-state index is 0.152. The molecule has 2 aromatic rings. The molecule has 0 aliphatic carbocycles. The molecule has 0 aromatic heterocycles. The van der Waals surface area contributed by atoms with Gasteiger partial charge in [0.2, 0.25) is 0 Å². The van der Waals surface area contributed by atoms with Crippen molar-refractivity contribution in [3.8, 4) is 0 Å². The summed E-state index contributed by atoms with van der Waals surface area (Å²) < 4.78 is 4.94. The number of rotatable bonds is 8. The Kier molecular flexibility index (Phi) is 6.73. The first-order valence-electron chi connectivity index (χ1n) is 7.59. The fourth-order valence-electron chi connectivity index (χ4n) is 2.15. The Morgan fingerprint density at radius 2 is 1.96 bits per heavy atom. The second kappa shape index (κ2) is 9.00. The third kappa shape index (κ3) is 5.44. The van der Waals surface area contributed by atoms with Crippen molar-refractivity contribution in [3.05, 3.63) is 63.2 Å². The predicted molar refractivity (Wildman–Crippen MR) is 97.5 cm³/mol. The van der Waals surface area contributed by atoms with Gasteiger partial charge in [-0.2, -0.15) is 0 Å². The molecule has 2 aromatic carbocycles. The molecular formula is C17H18ClN3O4. The Balaban J connectivity index is 2.12. The van der Waals surface area contributed by atoms with E-state index in [4.69, 9.17) is 16.3 Å². The minimum atomic E-state index is -0.516. The number of carbonyl (C=O) groups is 1. The lowest BCUT2D eigenvalue weighted by molar-refractivity contribution is -0.384. The number of hydrogen-bond acceptors (Lipinski definition) is 5. The van der Waals surface area contributed by atoms with E-state index in [9.17, 15) is 14.9 Å². The monoisotopic (exact) mass is 363 g/mol. The van der Waals surface area contributed by atoms with Crippen LogP contribution in [0.15, 0.2) is 42.5 Å². The van der Waals surface area contributed by atoms with E-state index in [-0.39, 0.29) is 11.3 Å². The average Bonchev–Trinajstić information content (AvgIpc) is 2.60. The highest BCUT2D eigenvalue weighted by Crippen LogP contribution is 2.26. The third-order valence-corrected chi connectivity index (χ3v) is 3.65. The number of methoxy groups -OCH3 is 1. The Bertz CT molecular complexity index is 750. The van der Waals surface area contributed by atoms with Crippen molar-refractivity contribution in [2.24, 2.45) is 0 Å². The summed E-state index contributed by atoms with van der Waals surface area (Å²) in [5.74, 6) is -0.434. The standard InChI is InChI=1S/C17H18ClN3O4/c1-25-10-2-9-19-15-8-3-12(11-16(15)21(23)24)17(22)20-14-6-4-13(18)5-7-14/h3-8,11,19H,2,9-10H2,1H3,(H,20,22). The summed E-state index contributed by atoms with van der Waals surface area (Å²) >= 11 is 5.80. The van der Waals surface area contributed by atoms with Gasteiger partial charge in [0, 0.05) is 42.6 Å². The van der Waals surface area contributed by atoms with Gasteiger partial charge in [-0.3, -0.25) is 14.9 Å². The molecule has 0 radical (unpaired) electrons. The van der Waals surface area contributed by atoms with E-state index in [0.29, 0.717) is 36.0 Å². The first kappa shape index (κ1) is 18.7. The lowest BCUT2D eigenvalue weighted by Gasteiger charge is -2.09. The lowest BCUT2D eigenvalue weighted by Crippen LogP contribution is -2.13. The van der Waals surface area contributed by atoms with Crippen molar-refractivity contribution in [2.45, 2.75) is 6.42 Å². The van der Waals surface area contributed by atoms with Gasteiger partial charge in [0.15, 0.2) is 0 Å². The molecular weight excluding hydrogens is 346 g/mol. The SMILES string of the molecule is COCCCNc1ccc(C(=O)Nc2ccc(Cl)cc2)cc1[N+](=O)[O-]. The smallest absolute Gasteiger partial charge is 0.293 e. The lowest BCUT2D eigenvalue weighted by atomic mass is 10.1. The second-order valence-electron chi connectivity index (χ2n) is 5.22. The first-order chi connectivity index (χ1) is 12.0. The summed E-state index contributed by atoms with van der Waals surface area (Å²) in [6.45, 7) is 1.09. The highest BCUT2D eigenvalue weighted by molar-refractivity contribution is 6.30. The molecule has 0 spiro atoms. The van der Waals surface area contributed by atoms with Crippen molar-refractivity contribution in [2.75, 3.05) is 30.9 Å². The largest absolute Gasteiger partial charge is 0.385 e. The van der Waals surface area contributed by atoms with Gasteiger partial charge in [0.05, 0.1) is 4.92 Å². The van der Waals surface area contributed by atoms with E-state index in [2.05, 4.69) is 10.6 Å². The van der Waals surface area contributed by atoms with E-state index in [1.165, 1.54) is 18.2 Å². The molecule has 0 unspecified atom stereocenters. The number of nitrogens with zero attached hydrogens (tertiary/aromatic N) is 1. The topological polar surface area (TPSA) is 93.5 Å². The van der Waals surface area contributed by atoms with Crippen LogP contribution in [0.3, 0.4) is 0 Å². The zero-order valence-electron chi connectivity index (χ0n) is 13.6. The molecule has 2 rings (SSSR count). The Hall–Kier alpha value is -2.64. The third-order valence-electron chi connectivity index (χ3n) is 3.40. The summed E-state index contributed by atoms with van der Waals surface area (Å²) in [6, 6.07) is 10.9. The van der Waals surface area contributed by atoms with Crippen LogP contribution in [0.25, 0.3) is 0 Å². The van der Waals surface area contributed by atoms with Crippen molar-refractivity contribution >= 4 is 34.6 Å². The molecule has 0 saturated heterocycles. The number of nitro benzene ring substituents is 1. The molecule has 1 amide bonds. The number of ether oxygens (including phenoxy) is 1. The first-order valence-corrected chi connectivity index (χ1v) is 7.97. The molecule has 0 bridgehead atoms. The molecule has 2 N–H and O–H groups in total. The van der Waals surface area contributed by atoms with E-state index >= 15 is 0 Å². The van der Waals surface area contributed by atoms with Crippen LogP contribution in [-0.4, -0.2) is 31.1 Å². The van der Waals surface area contributed by atoms with Gasteiger partial charge in [-0.05, 0) is 42.8 Å². The van der Waals surface area contributed by atoms with Crippen LogP contribution in [0, 0.1) is 10.1 Å². The maximum atomic E-state index is 12.3. The van der Waals surface area contributed by atoms with E-state index in [1.54, 1.807) is 31.4 Å². The molecule has 0 atom stereocenters. The molecule has 0 saturated carbocycles. The molecule has 8 heteroatoms. The van der Waals surface area contributed by atoms with E-state index < -0.39 is 10.8 Å². The van der Waals surface area contributed by atoms with Crippen LogP contribution < -0.4 is 10.6 Å². The molecule has 25 heavy (non-hydrogen) atoms. The van der Waals surface area contributed by atoms with Gasteiger partial charge in [-0.15, -0.1) is 0 Å². The zero-order chi connectivity index (χ0) is 18.2. The molecule has 132 valence electrons. The van der Waals surface area contributed by atoms with Crippen LogP contribution in [0.2, 0.25) is 5.02 Å². The molecule has 7 nitrogen and oxygen atoms in total. The Morgan fingerprint density at radius 3 is 2.60 bits per heavy atom. The maximum absolute atomic E-state index is 12.3. The van der Waals surface area contributed by atoms with Crippen LogP contribution in [-0.2, 0) is 4.74 Å². The van der Waals surface area contributed by atoms with Crippen molar-refractivity contribution in [1.82, 2.24) is 0 Å². The van der Waals surface area contributed by atoms with Gasteiger partial charge in [0.1, 0.15) is 5.69 Å². The Morgan fingerprint density at radius 1 is 1.24 bits per heavy atom. The van der Waals surface area contributed by atoms with Crippen molar-refractivity contribution in [1.29, 1.82) is 0 Å². The number of anilines is 2. The second-order valence-corrected chi connectivity index (χ2v) is 5.66. The summed E-state index contributed by atoms with van der Waals surface area (Å²) in [5.41, 5.74) is 0.966. The van der Waals surface area contributed by atoms with E-state index in [0.717, 1.165) is 0 Å². The maximum Gasteiger partial charge on any atom is 0.293 e. The molecule has 0 aliphatic heterocycles. The highest BCUT2D eigenvalue weighted by atomic mass is 35.5. The normalized spacial score (nSPS) is 10.3. The van der Waals surface area contributed by atoms with Crippen molar-refractivity contribution < 1.29 is 14.5 Å². The van der Waals surface area contributed by atoms with Gasteiger partial charge >= 0.3 is 0 Å². The van der Waals surface area contributed by atoms with Crippen molar-refractivity contribution in [3.63, 3.8) is 0 Å². The number of carbonyl (C=O) groups excluding carboxylic acids is 1. The number of benzene rings is 2. The minimum Gasteiger partial charge on any atom is -0.385 e. The average molecular weight is 364 g/mol. The summed E-state index contributed by atoms with van der Waals surface area (Å²) in [7, 11) is 1.59. The van der Waals surface area contributed by atoms with Gasteiger partial charge in [-0.25, -0.2) is 0 Å². The van der Waals surface area contributed by atoms with Crippen LogP contribution in [0.5, 0.6) is 0 Å². The fourth-order valence-corrected chi connectivity index (χ4v) is 2.28. The van der Waals surface area contributed by atoms with Gasteiger partial charge in [-0.1, -0.05) is 11.6 Å². The van der Waals surface area contributed by atoms with Crippen LogP contribution >= 0.6 is 11.6 Å². The van der Waals surface area contributed by atoms with E-state index in [1.807, 2.05) is 0 Å². The van der Waals surface area contributed by atoms with Gasteiger partial charge < -0.3 is 15.4 Å². The quantitative estimate of drug-likeness (QED) is 0.421. The molecule has 0 fully saturated rings. The highest BCUT2D eigenvalue weighted by Gasteiger charge is 2.17. The number of halogens is 1. The number of nitro groups is 1. The van der Waals surface area contributed by atoms with Gasteiger partial charge in [0.25, 0.3) is 11.6 Å². The predicted octanol–water partition coefficient (Wildman–Crippen LogP) is 3.95. The molecule has 0 heterocycles. The number of hydrogen-bond donors (Lipinski definition) is 2. The van der Waals surface area contributed by atoms with Crippen LogP contribution in [0.4, 0.5) is 17.1 Å². The summed E-state index contributed by atoms with van der Waals surface area (Å²) in [6.07, 6.45) is 0.715. The molecule has 0 aliphatic rings. The fraction of sp³-hybridized carbons (Fsp3) is 0.235. The Labute approximate surface area is 150 Å². The number of amides is 1. The summed E-state index contributed by atoms with van der Waals surface area (Å²) in [4.78, 5) is 23.0. The number of nitrogens with one attached hydrogen (secondary N) is 2. The zero-order valence-corrected chi connectivity index (χ0v) is 14.4. The summed E-state index contributed by atoms with van der Waals surface area (Å²) in [5, 5.41) is 17.5. The van der Waals surface area contributed by atoms with Crippen LogP contribution in [0.1, 0.15) is 16.8 Å².